The zero-order chi connectivity index (χ0) is 28.3. The van der Waals surface area contributed by atoms with Crippen molar-refractivity contribution in [3.8, 4) is 0 Å². The van der Waals surface area contributed by atoms with E-state index in [1.165, 1.54) is 42.5 Å². The van der Waals surface area contributed by atoms with Crippen LogP contribution in [-0.2, 0) is 20.7 Å². The second-order valence-electron chi connectivity index (χ2n) is 8.84. The highest BCUT2D eigenvalue weighted by molar-refractivity contribution is 7.93. The predicted molar refractivity (Wildman–Crippen MR) is 136 cm³/mol. The molecule has 0 aliphatic carbocycles. The zero-order valence-corrected chi connectivity index (χ0v) is 22.1. The van der Waals surface area contributed by atoms with E-state index in [1.54, 1.807) is 0 Å². The van der Waals surface area contributed by atoms with Gasteiger partial charge in [-0.3, -0.25) is 9.59 Å². The molecule has 208 valence electrons. The number of halogens is 6. The third-order valence-corrected chi connectivity index (χ3v) is 7.82. The van der Waals surface area contributed by atoms with Gasteiger partial charge in [-0.25, -0.2) is 13.0 Å². The molecule has 14 heteroatoms. The highest BCUT2D eigenvalue weighted by Gasteiger charge is 2.37. The van der Waals surface area contributed by atoms with Gasteiger partial charge >= 0.3 is 6.18 Å². The molecule has 38 heavy (non-hydrogen) atoms. The van der Waals surface area contributed by atoms with Crippen LogP contribution < -0.4 is 15.5 Å². The maximum Gasteiger partial charge on any atom is 0.417 e. The number of nitrogens with zero attached hydrogens (tertiary/aromatic N) is 2. The van der Waals surface area contributed by atoms with E-state index in [1.807, 2.05) is 0 Å². The molecule has 2 amide bonds. The fourth-order valence-electron chi connectivity index (χ4n) is 3.97. The van der Waals surface area contributed by atoms with Gasteiger partial charge in [0.05, 0.1) is 38.1 Å². The Labute approximate surface area is 221 Å². The second-order valence-corrected chi connectivity index (χ2v) is 11.5. The van der Waals surface area contributed by atoms with Crippen molar-refractivity contribution in [2.45, 2.75) is 36.3 Å². The minimum atomic E-state index is -4.83. The van der Waals surface area contributed by atoms with Crippen molar-refractivity contribution in [3.63, 3.8) is 0 Å². The molecule has 2 aromatic rings. The predicted octanol–water partition coefficient (Wildman–Crippen LogP) is 5.44. The van der Waals surface area contributed by atoms with Crippen LogP contribution in [0.15, 0.2) is 45.7 Å². The van der Waals surface area contributed by atoms with Crippen LogP contribution in [0.3, 0.4) is 0 Å². The van der Waals surface area contributed by atoms with Crippen molar-refractivity contribution < 1.29 is 35.8 Å². The van der Waals surface area contributed by atoms with Gasteiger partial charge in [0.15, 0.2) is 0 Å². The van der Waals surface area contributed by atoms with E-state index in [9.17, 15) is 35.8 Å². The maximum absolute atomic E-state index is 13.9. The number of likely N-dealkylation sites (N-methyl/N-ethyl adjacent to an activating group) is 1. The van der Waals surface area contributed by atoms with Gasteiger partial charge in [-0.2, -0.15) is 17.5 Å². The molecule has 1 saturated heterocycles. The molecule has 7 nitrogen and oxygen atoms in total. The molecule has 3 rings (SSSR count). The summed E-state index contributed by atoms with van der Waals surface area (Å²) >= 11 is 5.88. The Hall–Kier alpha value is -2.77. The molecule has 1 fully saturated rings. The zero-order valence-electron chi connectivity index (χ0n) is 20.5. The average molecular weight is 581 g/mol. The lowest BCUT2D eigenvalue weighted by molar-refractivity contribution is -0.137. The number of hydrogen-bond acceptors (Lipinski definition) is 5. The van der Waals surface area contributed by atoms with Crippen LogP contribution in [0.25, 0.3) is 0 Å². The summed E-state index contributed by atoms with van der Waals surface area (Å²) in [5.41, 5.74) is -1.49. The molecule has 1 aliphatic heterocycles. The first-order valence-electron chi connectivity index (χ1n) is 11.5. The fraction of sp³-hybridized carbons (Fsp3) is 0.417. The second kappa shape index (κ2) is 11.5. The minimum Gasteiger partial charge on any atom is -0.371 e. The van der Waals surface area contributed by atoms with E-state index >= 15 is 0 Å². The molecule has 1 atom stereocenters. The first kappa shape index (κ1) is 29.8. The Kier molecular flexibility index (Phi) is 9.04. The van der Waals surface area contributed by atoms with Crippen molar-refractivity contribution >= 4 is 44.5 Å². The molecule has 0 saturated carbocycles. The monoisotopic (exact) mass is 580 g/mol. The van der Waals surface area contributed by atoms with Crippen LogP contribution in [0.1, 0.15) is 35.2 Å². The minimum absolute atomic E-state index is 0.0146. The Morgan fingerprint density at radius 1 is 1.16 bits per heavy atom. The van der Waals surface area contributed by atoms with Crippen molar-refractivity contribution in [3.05, 3.63) is 52.5 Å². The van der Waals surface area contributed by atoms with Crippen LogP contribution in [0, 0.1) is 0 Å². The molecular weight excluding hydrogens is 555 g/mol. The van der Waals surface area contributed by atoms with Gasteiger partial charge in [0.1, 0.15) is 0 Å². The van der Waals surface area contributed by atoms with Gasteiger partial charge in [-0.15, -0.1) is 0 Å². The average Bonchev–Trinajstić information content (AvgIpc) is 2.98. The van der Waals surface area contributed by atoms with E-state index in [4.69, 9.17) is 11.6 Å². The number of hydrogen-bond donors (Lipinski definition) is 2. The summed E-state index contributed by atoms with van der Waals surface area (Å²) in [7, 11) is -1.64. The molecule has 0 bridgehead atoms. The third kappa shape index (κ3) is 7.41. The van der Waals surface area contributed by atoms with Crippen molar-refractivity contribution in [1.29, 1.82) is 0 Å². The molecule has 1 aliphatic rings. The lowest BCUT2D eigenvalue weighted by atomic mass is 10.1. The molecule has 0 radical (unpaired) electrons. The van der Waals surface area contributed by atoms with Crippen LogP contribution >= 0.6 is 11.6 Å². The third-order valence-electron chi connectivity index (χ3n) is 5.83. The molecule has 2 N–H and O–H groups in total. The van der Waals surface area contributed by atoms with Gasteiger partial charge in [0.25, 0.3) is 11.8 Å². The van der Waals surface area contributed by atoms with Crippen LogP contribution in [0.5, 0.6) is 0 Å². The molecule has 0 unspecified atom stereocenters. The Balaban J connectivity index is 2.00. The maximum atomic E-state index is 13.9. The molecule has 0 aromatic heterocycles. The molecular formula is C24H26ClF5N4O3S. The normalized spacial score (nSPS) is 17.3. The van der Waals surface area contributed by atoms with Gasteiger partial charge in [-0.05, 0) is 43.8 Å². The smallest absolute Gasteiger partial charge is 0.371 e. The number of nitrogens with one attached hydrogen (secondary N) is 2. The summed E-state index contributed by atoms with van der Waals surface area (Å²) < 4.78 is 85.3. The Bertz CT molecular complexity index is 1340. The number of carbonyl (C=O) groups excluding carboxylic acids is 2. The lowest BCUT2D eigenvalue weighted by Gasteiger charge is -2.27. The van der Waals surface area contributed by atoms with E-state index in [2.05, 4.69) is 15.0 Å². The highest BCUT2D eigenvalue weighted by atomic mass is 35.5. The quantitative estimate of drug-likeness (QED) is 0.444. The summed E-state index contributed by atoms with van der Waals surface area (Å²) in [6.45, 7) is -0.368. The number of amides is 2. The topological polar surface area (TPSA) is 90.9 Å². The van der Waals surface area contributed by atoms with E-state index in [0.29, 0.717) is 6.07 Å². The molecule has 1 heterocycles. The van der Waals surface area contributed by atoms with E-state index in [-0.39, 0.29) is 47.9 Å². The summed E-state index contributed by atoms with van der Waals surface area (Å²) in [6, 6.07) is 7.24. The Morgan fingerprint density at radius 3 is 2.53 bits per heavy atom. The van der Waals surface area contributed by atoms with Crippen LogP contribution in [0.2, 0.25) is 5.02 Å². The Morgan fingerprint density at radius 2 is 1.87 bits per heavy atom. The van der Waals surface area contributed by atoms with Crippen molar-refractivity contribution in [1.82, 2.24) is 5.32 Å². The number of rotatable bonds is 6. The largest absolute Gasteiger partial charge is 0.417 e. The molecule has 2 aromatic carbocycles. The van der Waals surface area contributed by atoms with Crippen LogP contribution in [-0.4, -0.2) is 54.9 Å². The first-order valence-corrected chi connectivity index (χ1v) is 13.8. The SMILES string of the molecule is CNCC(=O)N=[S@](C)(=O)c1cccc(NC(=O)c2cc(Cl)c(C(F)(F)F)cc2N2CCCC(F)(F)CC2)c1. The van der Waals surface area contributed by atoms with Gasteiger partial charge in [-0.1, -0.05) is 17.7 Å². The summed E-state index contributed by atoms with van der Waals surface area (Å²) in [5, 5.41) is 4.41. The number of benzene rings is 2. The van der Waals surface area contributed by atoms with Gasteiger partial charge in [0.2, 0.25) is 5.92 Å². The first-order chi connectivity index (χ1) is 17.6. The van der Waals surface area contributed by atoms with Crippen LogP contribution in [0.4, 0.5) is 33.3 Å². The number of anilines is 2. The van der Waals surface area contributed by atoms with Gasteiger partial charge < -0.3 is 15.5 Å². The van der Waals surface area contributed by atoms with Crippen molar-refractivity contribution in [2.75, 3.05) is 43.2 Å². The summed E-state index contributed by atoms with van der Waals surface area (Å²) in [5.74, 6) is -4.46. The summed E-state index contributed by atoms with van der Waals surface area (Å²) in [4.78, 5) is 26.5. The number of alkyl halides is 5. The standard InChI is InChI=1S/C24H26ClF5N4O3S/c1-31-14-21(35)33-38(2,37)16-6-3-5-15(11-16)32-22(36)17-12-19(25)18(24(28,29)30)13-20(17)34-9-4-7-23(26,27)8-10-34/h3,5-6,11-13,31H,4,7-10,14H2,1-2H3,(H,32,36)/t38-/m1/s1. The van der Waals surface area contributed by atoms with Gasteiger partial charge in [0, 0.05) is 42.8 Å². The molecule has 0 spiro atoms. The summed E-state index contributed by atoms with van der Waals surface area (Å²) in [6.07, 6.45) is -4.57. The van der Waals surface area contributed by atoms with E-state index in [0.717, 1.165) is 6.07 Å². The fourth-order valence-corrected chi connectivity index (χ4v) is 5.47. The van der Waals surface area contributed by atoms with E-state index < -0.39 is 57.1 Å². The van der Waals surface area contributed by atoms with Crippen molar-refractivity contribution in [2.24, 2.45) is 4.36 Å². The highest BCUT2D eigenvalue weighted by Crippen LogP contribution is 2.40. The lowest BCUT2D eigenvalue weighted by Crippen LogP contribution is -2.29. The number of carbonyl (C=O) groups is 2.